The third-order valence-corrected chi connectivity index (χ3v) is 6.39. The van der Waals surface area contributed by atoms with E-state index in [0.717, 1.165) is 35.6 Å². The fourth-order valence-electron chi connectivity index (χ4n) is 3.73. The van der Waals surface area contributed by atoms with E-state index in [-0.39, 0.29) is 0 Å². The molecule has 0 aliphatic heterocycles. The van der Waals surface area contributed by atoms with Crippen molar-refractivity contribution < 1.29 is 14.3 Å². The Kier molecular flexibility index (Phi) is 5.32. The maximum absolute atomic E-state index is 12.5. The number of ether oxygens (including phenoxy) is 1. The number of hydrogen-bond acceptors (Lipinski definition) is 5. The third-order valence-electron chi connectivity index (χ3n) is 5.22. The van der Waals surface area contributed by atoms with Crippen LogP contribution < -0.4 is 5.32 Å². The van der Waals surface area contributed by atoms with Crippen LogP contribution in [0, 0.1) is 17.2 Å². The summed E-state index contributed by atoms with van der Waals surface area (Å²) in [6.07, 6.45) is 2.84. The van der Waals surface area contributed by atoms with Gasteiger partial charge < -0.3 is 10.1 Å². The molecule has 0 saturated carbocycles. The molecule has 0 radical (unpaired) electrons. The summed E-state index contributed by atoms with van der Waals surface area (Å²) in [6.45, 7) is 1.80. The molecule has 5 nitrogen and oxygen atoms in total. The topological polar surface area (TPSA) is 79.2 Å². The normalized spacial score (nSPS) is 15.4. The van der Waals surface area contributed by atoms with Crippen LogP contribution in [0.15, 0.2) is 42.5 Å². The van der Waals surface area contributed by atoms with Crippen LogP contribution in [0.5, 0.6) is 0 Å². The molecule has 146 valence electrons. The minimum atomic E-state index is -0.545. The Balaban J connectivity index is 1.44. The number of rotatable bonds is 4. The number of carbonyl (C=O) groups is 2. The van der Waals surface area contributed by atoms with Gasteiger partial charge in [0.25, 0.3) is 5.91 Å². The van der Waals surface area contributed by atoms with Crippen molar-refractivity contribution in [2.45, 2.75) is 26.2 Å². The lowest BCUT2D eigenvalue weighted by Gasteiger charge is -2.17. The maximum atomic E-state index is 12.5. The smallest absolute Gasteiger partial charge is 0.339 e. The molecular weight excluding hydrogens is 384 g/mol. The molecule has 1 heterocycles. The highest BCUT2D eigenvalue weighted by molar-refractivity contribution is 7.16. The van der Waals surface area contributed by atoms with Gasteiger partial charge in [-0.3, -0.25) is 4.79 Å². The quantitative estimate of drug-likeness (QED) is 0.640. The zero-order valence-electron chi connectivity index (χ0n) is 16.0. The molecular formula is C23H20N2O3S. The average molecular weight is 404 g/mol. The lowest BCUT2D eigenvalue weighted by Crippen LogP contribution is -2.21. The first-order valence-corrected chi connectivity index (χ1v) is 10.4. The molecule has 0 saturated heterocycles. The molecule has 0 unspecified atom stereocenters. The van der Waals surface area contributed by atoms with Crippen LogP contribution in [0.2, 0.25) is 0 Å². The Morgan fingerprint density at radius 2 is 2.03 bits per heavy atom. The summed E-state index contributed by atoms with van der Waals surface area (Å²) in [5.74, 6) is -0.406. The fraction of sp³-hybridized carbons (Fsp3) is 0.261. The molecule has 0 bridgehead atoms. The molecule has 0 fully saturated rings. The number of fused-ring (bicyclic) bond motifs is 2. The number of thiophene rings is 1. The first kappa shape index (κ1) is 19.2. The van der Waals surface area contributed by atoms with Gasteiger partial charge in [-0.1, -0.05) is 43.3 Å². The van der Waals surface area contributed by atoms with Crippen LogP contribution in [-0.2, 0) is 22.4 Å². The maximum Gasteiger partial charge on any atom is 0.339 e. The van der Waals surface area contributed by atoms with Crippen molar-refractivity contribution in [2.75, 3.05) is 11.9 Å². The second-order valence-corrected chi connectivity index (χ2v) is 8.42. The summed E-state index contributed by atoms with van der Waals surface area (Å²) >= 11 is 1.46. The predicted molar refractivity (Wildman–Crippen MR) is 113 cm³/mol. The van der Waals surface area contributed by atoms with Gasteiger partial charge in [0.15, 0.2) is 6.61 Å². The minimum absolute atomic E-state index is 0.397. The van der Waals surface area contributed by atoms with Gasteiger partial charge in [0.05, 0.1) is 11.1 Å². The summed E-state index contributed by atoms with van der Waals surface area (Å²) in [5.41, 5.74) is 2.03. The van der Waals surface area contributed by atoms with E-state index in [0.29, 0.717) is 22.0 Å². The molecule has 0 spiro atoms. The molecule has 1 atom stereocenters. The monoisotopic (exact) mass is 404 g/mol. The van der Waals surface area contributed by atoms with E-state index in [1.165, 1.54) is 16.2 Å². The molecule has 1 aliphatic rings. The van der Waals surface area contributed by atoms with E-state index >= 15 is 0 Å². The highest BCUT2D eigenvalue weighted by Crippen LogP contribution is 2.39. The molecule has 3 aromatic rings. The lowest BCUT2D eigenvalue weighted by atomic mass is 9.89. The lowest BCUT2D eigenvalue weighted by molar-refractivity contribution is -0.119. The summed E-state index contributed by atoms with van der Waals surface area (Å²) < 4.78 is 5.23. The van der Waals surface area contributed by atoms with E-state index < -0.39 is 18.5 Å². The number of carbonyl (C=O) groups excluding carboxylic acids is 2. The number of amides is 1. The van der Waals surface area contributed by atoms with Gasteiger partial charge in [-0.2, -0.15) is 5.26 Å². The average Bonchev–Trinajstić information content (AvgIpc) is 3.07. The second kappa shape index (κ2) is 8.06. The molecule has 6 heteroatoms. The molecule has 2 aromatic carbocycles. The number of nitriles is 1. The predicted octanol–water partition coefficient (Wildman–Crippen LogP) is 4.69. The van der Waals surface area contributed by atoms with Gasteiger partial charge in [-0.05, 0) is 47.6 Å². The van der Waals surface area contributed by atoms with Crippen LogP contribution >= 0.6 is 11.3 Å². The molecule has 1 amide bonds. The number of nitrogens with zero attached hydrogens (tertiary/aromatic N) is 1. The molecule has 29 heavy (non-hydrogen) atoms. The summed E-state index contributed by atoms with van der Waals surface area (Å²) in [7, 11) is 0. The number of benzene rings is 2. The molecule has 1 aromatic heterocycles. The van der Waals surface area contributed by atoms with Crippen molar-refractivity contribution in [2.24, 2.45) is 5.92 Å². The Hall–Kier alpha value is -3.17. The number of hydrogen-bond donors (Lipinski definition) is 1. The summed E-state index contributed by atoms with van der Waals surface area (Å²) in [4.78, 5) is 26.0. The van der Waals surface area contributed by atoms with Crippen LogP contribution in [-0.4, -0.2) is 18.5 Å². The number of nitrogens with one attached hydrogen (secondary N) is 1. The van der Waals surface area contributed by atoms with Crippen molar-refractivity contribution in [1.82, 2.24) is 0 Å². The highest BCUT2D eigenvalue weighted by Gasteiger charge is 2.25. The summed E-state index contributed by atoms with van der Waals surface area (Å²) in [6, 6.07) is 15.1. The minimum Gasteiger partial charge on any atom is -0.452 e. The Morgan fingerprint density at radius 1 is 1.24 bits per heavy atom. The highest BCUT2D eigenvalue weighted by atomic mass is 32.1. The standard InChI is InChI=1S/C23H20N2O3S/c1-14-9-10-17-19(12-24)22(29-20(17)11-14)25-21(26)13-28-23(27)18-8-4-6-15-5-2-3-7-16(15)18/h2-8,14H,9-11,13H2,1H3,(H,25,26)/t14-/m0/s1. The van der Waals surface area contributed by atoms with E-state index in [1.54, 1.807) is 12.1 Å². The fourth-order valence-corrected chi connectivity index (χ4v) is 5.11. The van der Waals surface area contributed by atoms with E-state index in [4.69, 9.17) is 4.74 Å². The van der Waals surface area contributed by atoms with Crippen molar-refractivity contribution in [1.29, 1.82) is 5.26 Å². The van der Waals surface area contributed by atoms with Gasteiger partial charge in [0.1, 0.15) is 11.1 Å². The SMILES string of the molecule is C[C@H]1CCc2c(sc(NC(=O)COC(=O)c3cccc4ccccc34)c2C#N)C1. The van der Waals surface area contributed by atoms with Gasteiger partial charge in [-0.25, -0.2) is 4.79 Å². The Bertz CT molecular complexity index is 1140. The van der Waals surface area contributed by atoms with E-state index in [1.807, 2.05) is 30.3 Å². The first-order chi connectivity index (χ1) is 14.1. The molecule has 4 rings (SSSR count). The van der Waals surface area contributed by atoms with Crippen LogP contribution in [0.4, 0.5) is 5.00 Å². The third kappa shape index (κ3) is 3.87. The Labute approximate surface area is 172 Å². The summed E-state index contributed by atoms with van der Waals surface area (Å²) in [5, 5.41) is 14.6. The van der Waals surface area contributed by atoms with Gasteiger partial charge in [0.2, 0.25) is 0 Å². The van der Waals surface area contributed by atoms with Crippen molar-refractivity contribution in [3.8, 4) is 6.07 Å². The van der Waals surface area contributed by atoms with Crippen molar-refractivity contribution in [3.63, 3.8) is 0 Å². The second-order valence-electron chi connectivity index (χ2n) is 7.32. The van der Waals surface area contributed by atoms with Crippen LogP contribution in [0.1, 0.15) is 39.7 Å². The van der Waals surface area contributed by atoms with E-state index in [2.05, 4.69) is 18.3 Å². The number of anilines is 1. The first-order valence-electron chi connectivity index (χ1n) is 9.56. The largest absolute Gasteiger partial charge is 0.452 e. The Morgan fingerprint density at radius 3 is 2.86 bits per heavy atom. The van der Waals surface area contributed by atoms with Crippen molar-refractivity contribution in [3.05, 3.63) is 64.0 Å². The van der Waals surface area contributed by atoms with Crippen LogP contribution in [0.3, 0.4) is 0 Å². The van der Waals surface area contributed by atoms with Gasteiger partial charge >= 0.3 is 5.97 Å². The number of esters is 1. The molecule has 1 aliphatic carbocycles. The van der Waals surface area contributed by atoms with Crippen molar-refractivity contribution >= 4 is 39.0 Å². The zero-order valence-corrected chi connectivity index (χ0v) is 16.8. The van der Waals surface area contributed by atoms with Gasteiger partial charge in [0, 0.05) is 4.88 Å². The van der Waals surface area contributed by atoms with Crippen LogP contribution in [0.25, 0.3) is 10.8 Å². The van der Waals surface area contributed by atoms with E-state index in [9.17, 15) is 14.9 Å². The molecule has 1 N–H and O–H groups in total. The zero-order chi connectivity index (χ0) is 20.4. The van der Waals surface area contributed by atoms with Gasteiger partial charge in [-0.15, -0.1) is 11.3 Å².